The number of aromatic nitrogens is 1. The summed E-state index contributed by atoms with van der Waals surface area (Å²) in [7, 11) is 1.76. The van der Waals surface area contributed by atoms with Crippen LogP contribution in [0.2, 0.25) is 0 Å². The first-order valence-electron chi connectivity index (χ1n) is 6.86. The van der Waals surface area contributed by atoms with Crippen LogP contribution in [0.4, 0.5) is 5.00 Å². The number of rotatable bonds is 4. The Morgan fingerprint density at radius 1 is 1.53 bits per heavy atom. The van der Waals surface area contributed by atoms with E-state index in [1.165, 1.54) is 30.8 Å². The van der Waals surface area contributed by atoms with Crippen LogP contribution in [-0.4, -0.2) is 31.2 Å². The highest BCUT2D eigenvalue weighted by atomic mass is 32.1. The van der Waals surface area contributed by atoms with Crippen LogP contribution in [0.1, 0.15) is 36.9 Å². The number of nitriles is 1. The van der Waals surface area contributed by atoms with Gasteiger partial charge in [-0.15, -0.1) is 0 Å². The maximum absolute atomic E-state index is 9.27. The van der Waals surface area contributed by atoms with E-state index < -0.39 is 0 Å². The fraction of sp³-hybridized carbons (Fsp3) is 0.714. The van der Waals surface area contributed by atoms with Crippen LogP contribution in [0.5, 0.6) is 0 Å². The number of methoxy groups -OCH3 is 1. The van der Waals surface area contributed by atoms with E-state index >= 15 is 0 Å². The molecule has 19 heavy (non-hydrogen) atoms. The lowest BCUT2D eigenvalue weighted by molar-refractivity contribution is 0.176. The van der Waals surface area contributed by atoms with E-state index in [0.29, 0.717) is 5.92 Å². The molecule has 1 aliphatic heterocycles. The normalized spacial score (nSPS) is 20.1. The van der Waals surface area contributed by atoms with E-state index in [-0.39, 0.29) is 0 Å². The maximum Gasteiger partial charge on any atom is 0.130 e. The number of anilines is 1. The van der Waals surface area contributed by atoms with Crippen LogP contribution in [0.3, 0.4) is 0 Å². The molecule has 104 valence electrons. The molecule has 0 amide bonds. The van der Waals surface area contributed by atoms with Crippen molar-refractivity contribution in [1.82, 2.24) is 4.37 Å². The van der Waals surface area contributed by atoms with Crippen LogP contribution in [0.25, 0.3) is 0 Å². The molecule has 1 fully saturated rings. The molecule has 1 atom stereocenters. The van der Waals surface area contributed by atoms with Gasteiger partial charge in [0.05, 0.1) is 5.69 Å². The van der Waals surface area contributed by atoms with Gasteiger partial charge in [-0.2, -0.15) is 9.64 Å². The minimum absolute atomic E-state index is 0.663. The Bertz CT molecular complexity index is 452. The first-order chi connectivity index (χ1) is 9.26. The van der Waals surface area contributed by atoms with Gasteiger partial charge >= 0.3 is 0 Å². The van der Waals surface area contributed by atoms with Crippen molar-refractivity contribution in [3.63, 3.8) is 0 Å². The average Bonchev–Trinajstić information content (AvgIpc) is 2.64. The Morgan fingerprint density at radius 2 is 2.37 bits per heavy atom. The van der Waals surface area contributed by atoms with E-state index in [9.17, 15) is 5.26 Å². The van der Waals surface area contributed by atoms with Crippen LogP contribution < -0.4 is 4.90 Å². The van der Waals surface area contributed by atoms with Gasteiger partial charge in [0.2, 0.25) is 0 Å². The van der Waals surface area contributed by atoms with Crippen molar-refractivity contribution in [1.29, 1.82) is 5.26 Å². The molecule has 2 rings (SSSR count). The van der Waals surface area contributed by atoms with Gasteiger partial charge in [-0.25, -0.2) is 0 Å². The Kier molecular flexibility index (Phi) is 5.17. The largest absolute Gasteiger partial charge is 0.385 e. The molecule has 1 aromatic rings. The first-order valence-corrected chi connectivity index (χ1v) is 7.64. The quantitative estimate of drug-likeness (QED) is 0.850. The molecular weight excluding hydrogens is 258 g/mol. The number of hydrogen-bond donors (Lipinski definition) is 0. The molecule has 4 nitrogen and oxygen atoms in total. The topological polar surface area (TPSA) is 49.1 Å². The van der Waals surface area contributed by atoms with E-state index in [0.717, 1.165) is 42.4 Å². The summed E-state index contributed by atoms with van der Waals surface area (Å²) < 4.78 is 9.53. The highest BCUT2D eigenvalue weighted by Gasteiger charge is 2.22. The molecule has 0 aromatic carbocycles. The molecule has 0 aliphatic carbocycles. The zero-order chi connectivity index (χ0) is 13.7. The number of nitrogens with zero attached hydrogens (tertiary/aromatic N) is 3. The highest BCUT2D eigenvalue weighted by molar-refractivity contribution is 7.10. The monoisotopic (exact) mass is 279 g/mol. The lowest BCUT2D eigenvalue weighted by Gasteiger charge is -2.24. The second-order valence-corrected chi connectivity index (χ2v) is 5.90. The van der Waals surface area contributed by atoms with Gasteiger partial charge in [-0.3, -0.25) is 0 Å². The number of aryl methyl sites for hydroxylation is 1. The van der Waals surface area contributed by atoms with Crippen LogP contribution in [0.15, 0.2) is 0 Å². The zero-order valence-corrected chi connectivity index (χ0v) is 12.5. The van der Waals surface area contributed by atoms with Gasteiger partial charge in [-0.1, -0.05) is 6.42 Å². The molecule has 1 saturated heterocycles. The van der Waals surface area contributed by atoms with Crippen molar-refractivity contribution < 1.29 is 4.74 Å². The molecule has 1 unspecified atom stereocenters. The molecule has 0 N–H and O–H groups in total. The molecule has 2 heterocycles. The first kappa shape index (κ1) is 14.3. The molecule has 1 aliphatic rings. The Labute approximate surface area is 119 Å². The predicted octanol–water partition coefficient (Wildman–Crippen LogP) is 2.97. The van der Waals surface area contributed by atoms with Crippen molar-refractivity contribution in [2.45, 2.75) is 32.6 Å². The molecule has 0 bridgehead atoms. The standard InChI is InChI=1S/C14H21N3OS/c1-11-13(9-15)14(19-16-11)17-7-4-3-5-12(10-17)6-8-18-2/h12H,3-8,10H2,1-2H3. The minimum atomic E-state index is 0.663. The smallest absolute Gasteiger partial charge is 0.130 e. The predicted molar refractivity (Wildman–Crippen MR) is 77.6 cm³/mol. The SMILES string of the molecule is COCCC1CCCCN(c2snc(C)c2C#N)C1. The second kappa shape index (κ2) is 6.88. The molecular formula is C14H21N3OS. The highest BCUT2D eigenvalue weighted by Crippen LogP contribution is 2.31. The van der Waals surface area contributed by atoms with Gasteiger partial charge in [0, 0.05) is 26.8 Å². The molecule has 0 radical (unpaired) electrons. The van der Waals surface area contributed by atoms with E-state index in [1.54, 1.807) is 7.11 Å². The Balaban J connectivity index is 2.11. The average molecular weight is 279 g/mol. The van der Waals surface area contributed by atoms with Crippen molar-refractivity contribution in [2.24, 2.45) is 5.92 Å². The summed E-state index contributed by atoms with van der Waals surface area (Å²) in [6.45, 7) is 4.81. The molecule has 0 spiro atoms. The summed E-state index contributed by atoms with van der Waals surface area (Å²) in [6.07, 6.45) is 4.84. The minimum Gasteiger partial charge on any atom is -0.385 e. The summed E-state index contributed by atoms with van der Waals surface area (Å²) in [5, 5.41) is 10.3. The summed E-state index contributed by atoms with van der Waals surface area (Å²) in [4.78, 5) is 2.36. The van der Waals surface area contributed by atoms with Gasteiger partial charge in [0.25, 0.3) is 0 Å². The van der Waals surface area contributed by atoms with Crippen molar-refractivity contribution >= 4 is 16.5 Å². The van der Waals surface area contributed by atoms with Crippen LogP contribution in [-0.2, 0) is 4.74 Å². The summed E-state index contributed by atoms with van der Waals surface area (Å²) in [5.74, 6) is 0.663. The van der Waals surface area contributed by atoms with Gasteiger partial charge < -0.3 is 9.64 Å². The van der Waals surface area contributed by atoms with Crippen LogP contribution >= 0.6 is 11.5 Å². The second-order valence-electron chi connectivity index (χ2n) is 5.15. The Morgan fingerprint density at radius 3 is 3.11 bits per heavy atom. The molecule has 1 aromatic heterocycles. The number of ether oxygens (including phenoxy) is 1. The fourth-order valence-corrected chi connectivity index (χ4v) is 3.52. The van der Waals surface area contributed by atoms with E-state index in [1.807, 2.05) is 6.92 Å². The van der Waals surface area contributed by atoms with Gasteiger partial charge in [-0.05, 0) is 43.6 Å². The summed E-state index contributed by atoms with van der Waals surface area (Å²) in [5.41, 5.74) is 1.62. The van der Waals surface area contributed by atoms with Crippen molar-refractivity contribution in [3.8, 4) is 6.07 Å². The summed E-state index contributed by atoms with van der Waals surface area (Å²) >= 11 is 1.46. The third-order valence-corrected chi connectivity index (χ3v) is 4.74. The van der Waals surface area contributed by atoms with Crippen molar-refractivity contribution in [3.05, 3.63) is 11.3 Å². The Hall–Kier alpha value is -1.12. The van der Waals surface area contributed by atoms with Gasteiger partial charge in [0.1, 0.15) is 16.6 Å². The molecule has 0 saturated carbocycles. The summed E-state index contributed by atoms with van der Waals surface area (Å²) in [6, 6.07) is 2.30. The van der Waals surface area contributed by atoms with E-state index in [4.69, 9.17) is 4.74 Å². The van der Waals surface area contributed by atoms with Crippen LogP contribution in [0, 0.1) is 24.2 Å². The van der Waals surface area contributed by atoms with E-state index in [2.05, 4.69) is 15.3 Å². The maximum atomic E-state index is 9.27. The zero-order valence-electron chi connectivity index (χ0n) is 11.7. The third-order valence-electron chi connectivity index (χ3n) is 3.74. The fourth-order valence-electron chi connectivity index (χ4n) is 2.64. The number of hydrogen-bond acceptors (Lipinski definition) is 5. The van der Waals surface area contributed by atoms with Gasteiger partial charge in [0.15, 0.2) is 0 Å². The molecule has 5 heteroatoms. The lowest BCUT2D eigenvalue weighted by Crippen LogP contribution is -2.28. The third kappa shape index (κ3) is 3.46. The van der Waals surface area contributed by atoms with Crippen molar-refractivity contribution in [2.75, 3.05) is 31.7 Å². The lowest BCUT2D eigenvalue weighted by atomic mass is 10.00.